The Kier molecular flexibility index (Phi) is 6.24. The van der Waals surface area contributed by atoms with Crippen molar-refractivity contribution in [2.24, 2.45) is 0 Å². The van der Waals surface area contributed by atoms with E-state index in [1.54, 1.807) is 18.2 Å². The number of hydrogen-bond acceptors (Lipinski definition) is 7. The molecule has 2 unspecified atom stereocenters. The zero-order valence-electron chi connectivity index (χ0n) is 18.2. The molecule has 170 valence electrons. The molecule has 0 aromatic heterocycles. The third-order valence-electron chi connectivity index (χ3n) is 5.56. The Morgan fingerprint density at radius 3 is 2.42 bits per heavy atom. The van der Waals surface area contributed by atoms with Crippen LogP contribution in [0.5, 0.6) is 28.7 Å². The highest BCUT2D eigenvalue weighted by Gasteiger charge is 2.36. The largest absolute Gasteiger partial charge is 0.507 e. The first kappa shape index (κ1) is 22.2. The Labute approximate surface area is 191 Å². The number of methoxy groups -OCH3 is 2. The van der Waals surface area contributed by atoms with Gasteiger partial charge in [-0.3, -0.25) is 4.79 Å². The van der Waals surface area contributed by atoms with Gasteiger partial charge in [0.25, 0.3) is 0 Å². The van der Waals surface area contributed by atoms with Crippen molar-refractivity contribution in [3.63, 3.8) is 0 Å². The van der Waals surface area contributed by atoms with Crippen LogP contribution in [0.1, 0.15) is 33.2 Å². The van der Waals surface area contributed by atoms with Gasteiger partial charge in [-0.25, -0.2) is 0 Å². The van der Waals surface area contributed by atoms with Crippen LogP contribution < -0.4 is 14.2 Å². The molecule has 33 heavy (non-hydrogen) atoms. The third kappa shape index (κ3) is 4.36. The Balaban J connectivity index is 1.76. The van der Waals surface area contributed by atoms with Crippen LogP contribution in [0.3, 0.4) is 0 Å². The summed E-state index contributed by atoms with van der Waals surface area (Å²) in [5, 5.41) is 31.4. The smallest absolute Gasteiger partial charge is 0.193 e. The standard InChI is InChI=1S/C26H24O7/c1-31-22-14-20(29)24(19(28)10-8-15-6-4-3-5-7-15)26-17(22)13-21(30)25(33-26)16-9-11-18(27)23(12-16)32-2/h3-12,14,21,25,27,29-30H,13H2,1-2H3. The SMILES string of the molecule is COc1cc(C2Oc3c(c(OC)cc(O)c3C(=O)C=Cc3ccccc3)CC2O)ccc1O. The molecule has 1 aliphatic rings. The molecule has 1 aliphatic heterocycles. The van der Waals surface area contributed by atoms with E-state index < -0.39 is 18.0 Å². The summed E-state index contributed by atoms with van der Waals surface area (Å²) in [6, 6.07) is 15.3. The van der Waals surface area contributed by atoms with Gasteiger partial charge < -0.3 is 29.5 Å². The molecule has 0 bridgehead atoms. The second-order valence-electron chi connectivity index (χ2n) is 7.63. The average Bonchev–Trinajstić information content (AvgIpc) is 2.83. The Morgan fingerprint density at radius 2 is 1.73 bits per heavy atom. The first-order chi connectivity index (χ1) is 15.9. The van der Waals surface area contributed by atoms with E-state index in [0.29, 0.717) is 16.9 Å². The van der Waals surface area contributed by atoms with Gasteiger partial charge in [-0.15, -0.1) is 0 Å². The lowest BCUT2D eigenvalue weighted by Gasteiger charge is -2.33. The van der Waals surface area contributed by atoms with Crippen LogP contribution in [-0.2, 0) is 6.42 Å². The molecule has 1 heterocycles. The zero-order chi connectivity index (χ0) is 23.5. The minimum atomic E-state index is -0.965. The van der Waals surface area contributed by atoms with E-state index in [4.69, 9.17) is 14.2 Å². The predicted octanol–water partition coefficient (Wildman–Crippen LogP) is 4.05. The van der Waals surface area contributed by atoms with Crippen molar-refractivity contribution >= 4 is 11.9 Å². The van der Waals surface area contributed by atoms with Crippen LogP contribution in [0, 0.1) is 0 Å². The molecule has 3 aromatic carbocycles. The number of benzene rings is 3. The average molecular weight is 448 g/mol. The molecular weight excluding hydrogens is 424 g/mol. The summed E-state index contributed by atoms with van der Waals surface area (Å²) in [5.74, 6) is -0.0953. The van der Waals surface area contributed by atoms with Gasteiger partial charge in [0, 0.05) is 18.1 Å². The van der Waals surface area contributed by atoms with E-state index in [1.165, 1.54) is 32.4 Å². The number of rotatable bonds is 6. The fourth-order valence-electron chi connectivity index (χ4n) is 3.91. The minimum absolute atomic E-state index is 0.0133. The number of allylic oxidation sites excluding steroid dienone is 1. The number of carbonyl (C=O) groups excluding carboxylic acids is 1. The molecule has 0 fully saturated rings. The summed E-state index contributed by atoms with van der Waals surface area (Å²) < 4.78 is 16.6. The number of carbonyl (C=O) groups is 1. The normalized spacial score (nSPS) is 17.3. The van der Waals surface area contributed by atoms with Gasteiger partial charge in [-0.1, -0.05) is 42.5 Å². The third-order valence-corrected chi connectivity index (χ3v) is 5.56. The van der Waals surface area contributed by atoms with E-state index in [1.807, 2.05) is 30.3 Å². The summed E-state index contributed by atoms with van der Waals surface area (Å²) in [6.07, 6.45) is 1.33. The summed E-state index contributed by atoms with van der Waals surface area (Å²) >= 11 is 0. The minimum Gasteiger partial charge on any atom is -0.507 e. The molecule has 4 rings (SSSR count). The van der Waals surface area contributed by atoms with Crippen LogP contribution in [0.2, 0.25) is 0 Å². The molecule has 3 aromatic rings. The highest BCUT2D eigenvalue weighted by molar-refractivity contribution is 6.11. The summed E-state index contributed by atoms with van der Waals surface area (Å²) in [4.78, 5) is 13.1. The number of fused-ring (bicyclic) bond motifs is 1. The van der Waals surface area contributed by atoms with Gasteiger partial charge in [0.2, 0.25) is 0 Å². The first-order valence-electron chi connectivity index (χ1n) is 10.3. The molecule has 0 radical (unpaired) electrons. The van der Waals surface area contributed by atoms with Crippen molar-refractivity contribution in [1.29, 1.82) is 0 Å². The Morgan fingerprint density at radius 1 is 1.00 bits per heavy atom. The van der Waals surface area contributed by atoms with Crippen LogP contribution in [0.4, 0.5) is 0 Å². The summed E-state index contributed by atoms with van der Waals surface area (Å²) in [5.41, 5.74) is 1.85. The van der Waals surface area contributed by atoms with E-state index in [0.717, 1.165) is 5.56 Å². The maximum Gasteiger partial charge on any atom is 0.193 e. The summed E-state index contributed by atoms with van der Waals surface area (Å²) in [7, 11) is 2.86. The zero-order valence-corrected chi connectivity index (χ0v) is 18.2. The van der Waals surface area contributed by atoms with Crippen molar-refractivity contribution in [1.82, 2.24) is 0 Å². The molecule has 0 spiro atoms. The van der Waals surface area contributed by atoms with Crippen molar-refractivity contribution in [2.75, 3.05) is 14.2 Å². The maximum atomic E-state index is 13.1. The van der Waals surface area contributed by atoms with Gasteiger partial charge >= 0.3 is 0 Å². The number of phenols is 2. The van der Waals surface area contributed by atoms with Gasteiger partial charge in [0.05, 0.1) is 20.3 Å². The number of hydrogen-bond donors (Lipinski definition) is 3. The number of ketones is 1. The number of ether oxygens (including phenoxy) is 3. The quantitative estimate of drug-likeness (QED) is 0.386. The monoisotopic (exact) mass is 448 g/mol. The number of aliphatic hydroxyl groups is 1. The predicted molar refractivity (Wildman–Crippen MR) is 122 cm³/mol. The van der Waals surface area contributed by atoms with E-state index >= 15 is 0 Å². The highest BCUT2D eigenvalue weighted by atomic mass is 16.5. The van der Waals surface area contributed by atoms with Crippen molar-refractivity contribution in [3.8, 4) is 28.7 Å². The van der Waals surface area contributed by atoms with Crippen molar-refractivity contribution < 1.29 is 34.3 Å². The van der Waals surface area contributed by atoms with Gasteiger partial charge in [0.1, 0.15) is 28.9 Å². The maximum absolute atomic E-state index is 13.1. The van der Waals surface area contributed by atoms with Gasteiger partial charge in [-0.05, 0) is 29.3 Å². The van der Waals surface area contributed by atoms with Crippen LogP contribution in [0.15, 0.2) is 60.7 Å². The van der Waals surface area contributed by atoms with Crippen LogP contribution in [0.25, 0.3) is 6.08 Å². The Hall–Kier alpha value is -3.97. The number of aliphatic hydroxyl groups excluding tert-OH is 1. The second-order valence-corrected chi connectivity index (χ2v) is 7.63. The van der Waals surface area contributed by atoms with Crippen molar-refractivity contribution in [2.45, 2.75) is 18.6 Å². The molecular formula is C26H24O7. The number of phenolic OH excluding ortho intramolecular Hbond substituents is 2. The molecule has 0 saturated heterocycles. The molecule has 0 amide bonds. The van der Waals surface area contributed by atoms with Gasteiger partial charge in [0.15, 0.2) is 17.3 Å². The highest BCUT2D eigenvalue weighted by Crippen LogP contribution is 2.46. The Bertz CT molecular complexity index is 1200. The fraction of sp³-hybridized carbons (Fsp3) is 0.192. The van der Waals surface area contributed by atoms with Crippen LogP contribution in [-0.4, -0.2) is 41.4 Å². The topological polar surface area (TPSA) is 105 Å². The fourth-order valence-corrected chi connectivity index (χ4v) is 3.91. The first-order valence-corrected chi connectivity index (χ1v) is 10.3. The molecule has 7 heteroatoms. The molecule has 7 nitrogen and oxygen atoms in total. The summed E-state index contributed by atoms with van der Waals surface area (Å²) in [6.45, 7) is 0. The van der Waals surface area contributed by atoms with E-state index in [9.17, 15) is 20.1 Å². The lowest BCUT2D eigenvalue weighted by Crippen LogP contribution is -2.31. The van der Waals surface area contributed by atoms with E-state index in [2.05, 4.69) is 0 Å². The van der Waals surface area contributed by atoms with Crippen LogP contribution >= 0.6 is 0 Å². The second kappa shape index (κ2) is 9.26. The molecule has 0 saturated carbocycles. The lowest BCUT2D eigenvalue weighted by molar-refractivity contribution is 0.0190. The molecule has 0 aliphatic carbocycles. The molecule has 2 atom stereocenters. The van der Waals surface area contributed by atoms with Gasteiger partial charge in [-0.2, -0.15) is 0 Å². The van der Waals surface area contributed by atoms with Crippen molar-refractivity contribution in [3.05, 3.63) is 82.9 Å². The number of aromatic hydroxyl groups is 2. The van der Waals surface area contributed by atoms with E-state index in [-0.39, 0.29) is 35.0 Å². The molecule has 3 N–H and O–H groups in total. The lowest BCUT2D eigenvalue weighted by atomic mass is 9.91.